The van der Waals surface area contributed by atoms with Crippen LogP contribution in [0.2, 0.25) is 0 Å². The highest BCUT2D eigenvalue weighted by atomic mass is 16.2. The van der Waals surface area contributed by atoms with Crippen molar-refractivity contribution in [2.75, 3.05) is 4.90 Å². The minimum Gasteiger partial charge on any atom is -0.301 e. The fourth-order valence-corrected chi connectivity index (χ4v) is 3.77. The number of nitrogens with zero attached hydrogens (tertiary/aromatic N) is 1. The minimum atomic E-state index is -0.342. The molecule has 2 aliphatic heterocycles. The predicted molar refractivity (Wildman–Crippen MR) is 85.0 cm³/mol. The quantitative estimate of drug-likeness (QED) is 0.810. The maximum atomic E-state index is 12.7. The summed E-state index contributed by atoms with van der Waals surface area (Å²) in [6, 6.07) is 15.6. The Morgan fingerprint density at radius 3 is 2.59 bits per heavy atom. The Bertz CT molecular complexity index is 766. The standard InChI is InChI=1S/C19H17NO2/c1-12-7-8-16-14(9-12)10-17(21)19-15(11-18(22)20(16)19)13-5-3-2-4-6-13/h2-9,15,19H,10-11H2,1H3/t15-,19+/m0/s1. The van der Waals surface area contributed by atoms with Crippen LogP contribution >= 0.6 is 0 Å². The number of carbonyl (C=O) groups excluding carboxylic acids is 2. The van der Waals surface area contributed by atoms with Gasteiger partial charge in [0.15, 0.2) is 5.78 Å². The van der Waals surface area contributed by atoms with Crippen LogP contribution in [0.25, 0.3) is 0 Å². The lowest BCUT2D eigenvalue weighted by atomic mass is 9.85. The van der Waals surface area contributed by atoms with Gasteiger partial charge < -0.3 is 4.90 Å². The number of fused-ring (bicyclic) bond motifs is 3. The van der Waals surface area contributed by atoms with Crippen LogP contribution in [-0.2, 0) is 16.0 Å². The summed E-state index contributed by atoms with van der Waals surface area (Å²) in [5, 5.41) is 0. The van der Waals surface area contributed by atoms with Crippen molar-refractivity contribution in [3.63, 3.8) is 0 Å². The van der Waals surface area contributed by atoms with Gasteiger partial charge in [0.05, 0.1) is 0 Å². The lowest BCUT2D eigenvalue weighted by Gasteiger charge is -2.33. The van der Waals surface area contributed by atoms with Crippen molar-refractivity contribution in [1.29, 1.82) is 0 Å². The Morgan fingerprint density at radius 2 is 1.82 bits per heavy atom. The van der Waals surface area contributed by atoms with Gasteiger partial charge in [0.2, 0.25) is 5.91 Å². The lowest BCUT2D eigenvalue weighted by Crippen LogP contribution is -2.45. The molecule has 22 heavy (non-hydrogen) atoms. The third-order valence-electron chi connectivity index (χ3n) is 4.74. The molecule has 0 spiro atoms. The first-order chi connectivity index (χ1) is 10.6. The summed E-state index contributed by atoms with van der Waals surface area (Å²) in [4.78, 5) is 27.0. The number of hydrogen-bond donors (Lipinski definition) is 0. The Kier molecular flexibility index (Phi) is 2.89. The summed E-state index contributed by atoms with van der Waals surface area (Å²) in [6.07, 6.45) is 0.836. The Hall–Kier alpha value is -2.42. The van der Waals surface area contributed by atoms with Gasteiger partial charge in [-0.3, -0.25) is 9.59 Å². The zero-order valence-corrected chi connectivity index (χ0v) is 12.5. The number of hydrogen-bond acceptors (Lipinski definition) is 2. The lowest BCUT2D eigenvalue weighted by molar-refractivity contribution is -0.122. The molecule has 0 radical (unpaired) electrons. The highest BCUT2D eigenvalue weighted by Gasteiger charge is 2.48. The van der Waals surface area contributed by atoms with Gasteiger partial charge in [0.25, 0.3) is 0 Å². The van der Waals surface area contributed by atoms with Crippen molar-refractivity contribution in [3.05, 3.63) is 65.2 Å². The van der Waals surface area contributed by atoms with Gasteiger partial charge in [-0.05, 0) is 24.1 Å². The zero-order chi connectivity index (χ0) is 15.3. The SMILES string of the molecule is Cc1ccc2c(c1)CC(=O)[C@H]1[C@H](c3ccccc3)CC(=O)N21. The molecule has 2 aromatic rings. The van der Waals surface area contributed by atoms with Crippen LogP contribution < -0.4 is 4.90 Å². The molecular formula is C19H17NO2. The Morgan fingerprint density at radius 1 is 1.05 bits per heavy atom. The molecule has 0 N–H and O–H groups in total. The summed E-state index contributed by atoms with van der Waals surface area (Å²) in [5.74, 6) is 0.172. The first-order valence-corrected chi connectivity index (χ1v) is 7.64. The topological polar surface area (TPSA) is 37.4 Å². The van der Waals surface area contributed by atoms with E-state index < -0.39 is 0 Å². The molecule has 0 aromatic heterocycles. The van der Waals surface area contributed by atoms with Crippen LogP contribution in [0.3, 0.4) is 0 Å². The van der Waals surface area contributed by atoms with Crippen molar-refractivity contribution < 1.29 is 9.59 Å². The predicted octanol–water partition coefficient (Wildman–Crippen LogP) is 3.01. The monoisotopic (exact) mass is 291 g/mol. The fraction of sp³-hybridized carbons (Fsp3) is 0.263. The maximum Gasteiger partial charge on any atom is 0.228 e. The molecule has 110 valence electrons. The number of ketones is 1. The molecule has 3 heteroatoms. The van der Waals surface area contributed by atoms with E-state index >= 15 is 0 Å². The molecule has 2 aromatic carbocycles. The normalized spacial score (nSPS) is 23.4. The van der Waals surface area contributed by atoms with Crippen LogP contribution in [0.5, 0.6) is 0 Å². The highest BCUT2D eigenvalue weighted by Crippen LogP contribution is 2.42. The third kappa shape index (κ3) is 1.89. The van der Waals surface area contributed by atoms with Crippen molar-refractivity contribution >= 4 is 17.4 Å². The van der Waals surface area contributed by atoms with Crippen molar-refractivity contribution in [1.82, 2.24) is 0 Å². The Labute approximate surface area is 129 Å². The van der Waals surface area contributed by atoms with Gasteiger partial charge in [0, 0.05) is 24.4 Å². The number of amides is 1. The third-order valence-corrected chi connectivity index (χ3v) is 4.74. The molecule has 0 aliphatic carbocycles. The van der Waals surface area contributed by atoms with Crippen LogP contribution in [0.4, 0.5) is 5.69 Å². The largest absolute Gasteiger partial charge is 0.301 e. The van der Waals surface area contributed by atoms with E-state index in [2.05, 4.69) is 0 Å². The summed E-state index contributed by atoms with van der Waals surface area (Å²) in [7, 11) is 0. The summed E-state index contributed by atoms with van der Waals surface area (Å²) in [6.45, 7) is 2.01. The van der Waals surface area contributed by atoms with E-state index in [1.165, 1.54) is 0 Å². The molecule has 2 heterocycles. The first-order valence-electron chi connectivity index (χ1n) is 7.64. The summed E-state index contributed by atoms with van der Waals surface area (Å²) < 4.78 is 0. The number of rotatable bonds is 1. The molecular weight excluding hydrogens is 274 g/mol. The second kappa shape index (κ2) is 4.80. The average molecular weight is 291 g/mol. The zero-order valence-electron chi connectivity index (χ0n) is 12.5. The molecule has 3 nitrogen and oxygen atoms in total. The second-order valence-electron chi connectivity index (χ2n) is 6.21. The van der Waals surface area contributed by atoms with Crippen LogP contribution in [0.15, 0.2) is 48.5 Å². The highest BCUT2D eigenvalue weighted by molar-refractivity contribution is 6.09. The summed E-state index contributed by atoms with van der Waals surface area (Å²) in [5.41, 5.74) is 4.09. The van der Waals surface area contributed by atoms with Gasteiger partial charge in [0.1, 0.15) is 6.04 Å². The molecule has 1 saturated heterocycles. The van der Waals surface area contributed by atoms with E-state index in [1.807, 2.05) is 55.5 Å². The first kappa shape index (κ1) is 13.3. The van der Waals surface area contributed by atoms with E-state index in [1.54, 1.807) is 4.90 Å². The molecule has 1 fully saturated rings. The molecule has 0 bridgehead atoms. The minimum absolute atomic E-state index is 0.0318. The molecule has 4 rings (SSSR count). The number of carbonyl (C=O) groups is 2. The molecule has 1 amide bonds. The number of aryl methyl sites for hydroxylation is 1. The van der Waals surface area contributed by atoms with E-state index in [0.717, 1.165) is 22.4 Å². The van der Waals surface area contributed by atoms with Gasteiger partial charge in [-0.2, -0.15) is 0 Å². The van der Waals surface area contributed by atoms with E-state index in [9.17, 15) is 9.59 Å². The average Bonchev–Trinajstić information content (AvgIpc) is 2.87. The van der Waals surface area contributed by atoms with Crippen molar-refractivity contribution in [2.24, 2.45) is 0 Å². The summed E-state index contributed by atoms with van der Waals surface area (Å²) >= 11 is 0. The van der Waals surface area contributed by atoms with E-state index in [0.29, 0.717) is 12.8 Å². The van der Waals surface area contributed by atoms with Gasteiger partial charge >= 0.3 is 0 Å². The van der Waals surface area contributed by atoms with Crippen LogP contribution in [0.1, 0.15) is 29.0 Å². The number of benzene rings is 2. The van der Waals surface area contributed by atoms with Crippen molar-refractivity contribution in [2.45, 2.75) is 31.7 Å². The van der Waals surface area contributed by atoms with E-state index in [-0.39, 0.29) is 23.7 Å². The van der Waals surface area contributed by atoms with Crippen LogP contribution in [0, 0.1) is 6.92 Å². The number of Topliss-reactive ketones (excluding diaryl/α,β-unsaturated/α-hetero) is 1. The molecule has 0 unspecified atom stereocenters. The smallest absolute Gasteiger partial charge is 0.228 e. The van der Waals surface area contributed by atoms with E-state index in [4.69, 9.17) is 0 Å². The van der Waals surface area contributed by atoms with Gasteiger partial charge in [-0.15, -0.1) is 0 Å². The fourth-order valence-electron chi connectivity index (χ4n) is 3.77. The van der Waals surface area contributed by atoms with Crippen LogP contribution in [-0.4, -0.2) is 17.7 Å². The number of anilines is 1. The van der Waals surface area contributed by atoms with Gasteiger partial charge in [-0.25, -0.2) is 0 Å². The molecule has 2 atom stereocenters. The second-order valence-corrected chi connectivity index (χ2v) is 6.21. The molecule has 2 aliphatic rings. The van der Waals surface area contributed by atoms with Crippen molar-refractivity contribution in [3.8, 4) is 0 Å². The molecule has 0 saturated carbocycles. The maximum absolute atomic E-state index is 12.7. The Balaban J connectivity index is 1.81. The van der Waals surface area contributed by atoms with Gasteiger partial charge in [-0.1, -0.05) is 48.0 Å².